The zero-order chi connectivity index (χ0) is 22.7. The Kier molecular flexibility index (Phi) is 7.01. The van der Waals surface area contributed by atoms with E-state index in [9.17, 15) is 9.18 Å². The third kappa shape index (κ3) is 5.07. The van der Waals surface area contributed by atoms with Gasteiger partial charge in [-0.3, -0.25) is 14.6 Å². The lowest BCUT2D eigenvalue weighted by Crippen LogP contribution is -2.58. The molecule has 2 N–H and O–H groups in total. The van der Waals surface area contributed by atoms with Crippen LogP contribution in [0.15, 0.2) is 30.5 Å². The van der Waals surface area contributed by atoms with Gasteiger partial charge in [0.05, 0.1) is 11.9 Å². The Balaban J connectivity index is 1.34. The van der Waals surface area contributed by atoms with E-state index in [1.165, 1.54) is 11.8 Å². The molecule has 2 saturated heterocycles. The lowest BCUT2D eigenvalue weighted by atomic mass is 9.97. The van der Waals surface area contributed by atoms with E-state index in [0.717, 1.165) is 70.0 Å². The fourth-order valence-corrected chi connectivity index (χ4v) is 5.07. The highest BCUT2D eigenvalue weighted by Gasteiger charge is 2.34. The molecule has 2 aliphatic heterocycles. The monoisotopic (exact) mass is 440 g/mol. The van der Waals surface area contributed by atoms with Crippen LogP contribution >= 0.6 is 0 Å². The van der Waals surface area contributed by atoms with Crippen molar-refractivity contribution >= 4 is 11.7 Å². The summed E-state index contributed by atoms with van der Waals surface area (Å²) in [4.78, 5) is 27.7. The third-order valence-electron chi connectivity index (χ3n) is 6.82. The topological polar surface area (TPSA) is 78.6 Å². The number of carbonyl (C=O) groups excluding carboxylic acids is 1. The van der Waals surface area contributed by atoms with Gasteiger partial charge in [0.15, 0.2) is 0 Å². The first-order valence-electron chi connectivity index (χ1n) is 11.6. The maximum absolute atomic E-state index is 13.2. The first-order chi connectivity index (χ1) is 15.4. The highest BCUT2D eigenvalue weighted by molar-refractivity contribution is 5.90. The fourth-order valence-electron chi connectivity index (χ4n) is 5.07. The second kappa shape index (κ2) is 9.92. The van der Waals surface area contributed by atoms with Gasteiger partial charge in [0.1, 0.15) is 17.3 Å². The predicted octanol–water partition coefficient (Wildman–Crippen LogP) is 2.59. The van der Waals surface area contributed by atoms with Gasteiger partial charge < -0.3 is 10.6 Å². The van der Waals surface area contributed by atoms with Crippen molar-refractivity contribution in [2.24, 2.45) is 5.73 Å². The van der Waals surface area contributed by atoms with E-state index in [-0.39, 0.29) is 11.5 Å². The molecule has 2 aliphatic rings. The van der Waals surface area contributed by atoms with Gasteiger partial charge in [0.25, 0.3) is 5.91 Å². The first kappa shape index (κ1) is 22.6. The van der Waals surface area contributed by atoms with Gasteiger partial charge in [-0.05, 0) is 57.0 Å². The molecular weight excluding hydrogens is 407 g/mol. The van der Waals surface area contributed by atoms with Crippen LogP contribution in [-0.2, 0) is 6.54 Å². The third-order valence-corrected chi connectivity index (χ3v) is 6.82. The highest BCUT2D eigenvalue weighted by Crippen LogP contribution is 2.27. The minimum absolute atomic E-state index is 0.179. The number of piperazine rings is 1. The molecule has 172 valence electrons. The average molecular weight is 441 g/mol. The predicted molar refractivity (Wildman–Crippen MR) is 123 cm³/mol. The van der Waals surface area contributed by atoms with Gasteiger partial charge in [-0.2, -0.15) is 0 Å². The Labute approximate surface area is 189 Å². The van der Waals surface area contributed by atoms with Crippen molar-refractivity contribution in [1.29, 1.82) is 0 Å². The number of benzene rings is 1. The number of nitrogens with two attached hydrogens (primary N) is 1. The Morgan fingerprint density at radius 3 is 2.50 bits per heavy atom. The molecule has 8 heteroatoms. The zero-order valence-corrected chi connectivity index (χ0v) is 19.0. The molecule has 0 saturated carbocycles. The van der Waals surface area contributed by atoms with Crippen LogP contribution in [0.5, 0.6) is 0 Å². The molecule has 2 fully saturated rings. The van der Waals surface area contributed by atoms with Gasteiger partial charge in [-0.25, -0.2) is 14.4 Å². The number of aryl methyl sites for hydroxylation is 1. The zero-order valence-electron chi connectivity index (χ0n) is 19.0. The first-order valence-corrected chi connectivity index (χ1v) is 11.6. The summed E-state index contributed by atoms with van der Waals surface area (Å²) in [6, 6.07) is 7.91. The molecule has 4 rings (SSSR count). The standard InChI is InChI=1S/C24H33FN6O/c1-3-20-16-30(24-17(2)28-22(14-27-24)23(26)32)12-13-31(20)21-8-10-29(11-9-21)15-18-4-6-19(25)7-5-18/h4-7,14,20-21H,3,8-13,15-16H2,1-2H3,(H2,26,32)/t20-/m0/s1. The smallest absolute Gasteiger partial charge is 0.268 e. The number of hydrogen-bond acceptors (Lipinski definition) is 6. The van der Waals surface area contributed by atoms with E-state index in [1.807, 2.05) is 19.1 Å². The molecule has 1 amide bonds. The number of primary amides is 1. The number of aromatic nitrogens is 2. The van der Waals surface area contributed by atoms with E-state index >= 15 is 0 Å². The molecule has 32 heavy (non-hydrogen) atoms. The average Bonchev–Trinajstić information content (AvgIpc) is 2.80. The minimum Gasteiger partial charge on any atom is -0.364 e. The Hall–Kier alpha value is -2.58. The van der Waals surface area contributed by atoms with E-state index in [1.54, 1.807) is 12.1 Å². The van der Waals surface area contributed by atoms with Crippen molar-refractivity contribution in [3.8, 4) is 0 Å². The van der Waals surface area contributed by atoms with Crippen LogP contribution in [0.4, 0.5) is 10.2 Å². The summed E-state index contributed by atoms with van der Waals surface area (Å²) in [5.74, 6) is 0.124. The molecule has 1 atom stereocenters. The lowest BCUT2D eigenvalue weighted by molar-refractivity contribution is 0.0610. The van der Waals surface area contributed by atoms with Crippen LogP contribution in [0.2, 0.25) is 0 Å². The molecule has 0 bridgehead atoms. The van der Waals surface area contributed by atoms with Crippen molar-refractivity contribution in [3.05, 3.63) is 53.2 Å². The molecule has 0 radical (unpaired) electrons. The largest absolute Gasteiger partial charge is 0.364 e. The van der Waals surface area contributed by atoms with E-state index < -0.39 is 5.91 Å². The molecule has 3 heterocycles. The van der Waals surface area contributed by atoms with Crippen LogP contribution in [-0.4, -0.2) is 70.5 Å². The summed E-state index contributed by atoms with van der Waals surface area (Å²) in [6.45, 7) is 9.97. The van der Waals surface area contributed by atoms with Crippen LogP contribution in [0.1, 0.15) is 47.9 Å². The molecular formula is C24H33FN6O. The minimum atomic E-state index is -0.547. The summed E-state index contributed by atoms with van der Waals surface area (Å²) in [5, 5.41) is 0. The van der Waals surface area contributed by atoms with Crippen molar-refractivity contribution in [2.45, 2.75) is 51.7 Å². The van der Waals surface area contributed by atoms with Crippen LogP contribution in [0, 0.1) is 12.7 Å². The molecule has 1 aromatic carbocycles. The number of amides is 1. The maximum Gasteiger partial charge on any atom is 0.268 e. The number of anilines is 1. The molecule has 0 aliphatic carbocycles. The van der Waals surface area contributed by atoms with Gasteiger partial charge in [-0.1, -0.05) is 19.1 Å². The Morgan fingerprint density at radius 2 is 1.88 bits per heavy atom. The Bertz CT molecular complexity index is 929. The van der Waals surface area contributed by atoms with Crippen molar-refractivity contribution in [3.63, 3.8) is 0 Å². The van der Waals surface area contributed by atoms with Gasteiger partial charge in [0, 0.05) is 38.3 Å². The quantitative estimate of drug-likeness (QED) is 0.744. The number of nitrogens with zero attached hydrogens (tertiary/aromatic N) is 5. The van der Waals surface area contributed by atoms with Crippen molar-refractivity contribution < 1.29 is 9.18 Å². The number of likely N-dealkylation sites (tertiary alicyclic amines) is 1. The Morgan fingerprint density at radius 1 is 1.16 bits per heavy atom. The second-order valence-electron chi connectivity index (χ2n) is 8.91. The second-order valence-corrected chi connectivity index (χ2v) is 8.91. The van der Waals surface area contributed by atoms with Crippen molar-refractivity contribution in [2.75, 3.05) is 37.6 Å². The van der Waals surface area contributed by atoms with Gasteiger partial charge in [-0.15, -0.1) is 0 Å². The number of piperidine rings is 1. The molecule has 2 aromatic rings. The van der Waals surface area contributed by atoms with Crippen LogP contribution < -0.4 is 10.6 Å². The summed E-state index contributed by atoms with van der Waals surface area (Å²) >= 11 is 0. The highest BCUT2D eigenvalue weighted by atomic mass is 19.1. The van der Waals surface area contributed by atoms with E-state index in [0.29, 0.717) is 12.1 Å². The van der Waals surface area contributed by atoms with Crippen LogP contribution in [0.3, 0.4) is 0 Å². The summed E-state index contributed by atoms with van der Waals surface area (Å²) in [5.41, 5.74) is 7.47. The van der Waals surface area contributed by atoms with Gasteiger partial charge in [0.2, 0.25) is 0 Å². The fraction of sp³-hybridized carbons (Fsp3) is 0.542. The summed E-state index contributed by atoms with van der Waals surface area (Å²) in [7, 11) is 0. The number of carbonyl (C=O) groups is 1. The molecule has 7 nitrogen and oxygen atoms in total. The van der Waals surface area contributed by atoms with Gasteiger partial charge >= 0.3 is 0 Å². The SMILES string of the molecule is CC[C@H]1CN(c2ncc(C(N)=O)nc2C)CCN1C1CCN(Cc2ccc(F)cc2)CC1. The number of hydrogen-bond donors (Lipinski definition) is 1. The van der Waals surface area contributed by atoms with E-state index in [2.05, 4.69) is 31.6 Å². The lowest BCUT2D eigenvalue weighted by Gasteiger charge is -2.47. The molecule has 1 aromatic heterocycles. The molecule has 0 spiro atoms. The van der Waals surface area contributed by atoms with E-state index in [4.69, 9.17) is 5.73 Å². The van der Waals surface area contributed by atoms with Crippen molar-refractivity contribution in [1.82, 2.24) is 19.8 Å². The summed E-state index contributed by atoms with van der Waals surface area (Å²) in [6.07, 6.45) is 4.88. The number of halogens is 1. The normalized spacial score (nSPS) is 21.1. The van der Waals surface area contributed by atoms with Crippen LogP contribution in [0.25, 0.3) is 0 Å². The summed E-state index contributed by atoms with van der Waals surface area (Å²) < 4.78 is 13.2. The molecule has 0 unspecified atom stereocenters. The number of rotatable bonds is 6. The maximum atomic E-state index is 13.2.